The van der Waals surface area contributed by atoms with Crippen LogP contribution in [0.3, 0.4) is 0 Å². The number of hydrogen-bond donors (Lipinski definition) is 0. The molecule has 0 aromatic heterocycles. The van der Waals surface area contributed by atoms with Crippen molar-refractivity contribution in [2.75, 3.05) is 13.1 Å². The molecule has 2 aliphatic heterocycles. The fourth-order valence-electron chi connectivity index (χ4n) is 2.48. The van der Waals surface area contributed by atoms with Gasteiger partial charge in [0.2, 0.25) is 6.08 Å². The minimum atomic E-state index is -0.780. The second-order valence-corrected chi connectivity index (χ2v) is 3.68. The molecule has 13 heavy (non-hydrogen) atoms. The highest BCUT2D eigenvalue weighted by molar-refractivity contribution is 5.39. The normalized spacial score (nSPS) is 37.9. The molecule has 2 aliphatic rings. The number of nitriles is 1. The molecule has 0 radical (unpaired) electrons. The van der Waals surface area contributed by atoms with E-state index in [1.54, 1.807) is 0 Å². The van der Waals surface area contributed by atoms with E-state index in [4.69, 9.17) is 5.26 Å². The Hall–Kier alpha value is -1.17. The second kappa shape index (κ2) is 2.95. The Balaban J connectivity index is 2.32. The van der Waals surface area contributed by atoms with E-state index < -0.39 is 5.54 Å². The average Bonchev–Trinajstić information content (AvgIpc) is 2.69. The molecule has 2 heterocycles. The van der Waals surface area contributed by atoms with Gasteiger partial charge in [-0.15, -0.1) is 0 Å². The molecule has 2 unspecified atom stereocenters. The number of nitrogens with zero attached hydrogens (tertiary/aromatic N) is 3. The lowest BCUT2D eigenvalue weighted by Crippen LogP contribution is -2.38. The fourth-order valence-corrected chi connectivity index (χ4v) is 2.48. The Bertz CT molecular complexity index is 302. The smallest absolute Gasteiger partial charge is 0.236 e. The standard InChI is InChI=1S/C9H11N3O/c10-6-9(11-7-13)3-5-12-4-1-2-8(9)12/h8H,1-5H2. The van der Waals surface area contributed by atoms with Gasteiger partial charge in [-0.1, -0.05) is 0 Å². The topological polar surface area (TPSA) is 56.5 Å². The molecule has 2 atom stereocenters. The summed E-state index contributed by atoms with van der Waals surface area (Å²) < 4.78 is 0. The molecule has 0 aliphatic carbocycles. The molecular formula is C9H11N3O. The summed E-state index contributed by atoms with van der Waals surface area (Å²) >= 11 is 0. The van der Waals surface area contributed by atoms with Crippen LogP contribution in [-0.4, -0.2) is 35.7 Å². The summed E-state index contributed by atoms with van der Waals surface area (Å²) in [5, 5.41) is 9.05. The van der Waals surface area contributed by atoms with Crippen LogP contribution < -0.4 is 0 Å². The largest absolute Gasteiger partial charge is 0.297 e. The van der Waals surface area contributed by atoms with Crippen molar-refractivity contribution in [1.29, 1.82) is 5.26 Å². The summed E-state index contributed by atoms with van der Waals surface area (Å²) in [6.07, 6.45) is 4.32. The molecule has 0 bridgehead atoms. The maximum atomic E-state index is 10.3. The van der Waals surface area contributed by atoms with Crippen LogP contribution in [0.15, 0.2) is 4.99 Å². The first-order valence-electron chi connectivity index (χ1n) is 4.57. The molecule has 2 rings (SSSR count). The molecule has 4 nitrogen and oxygen atoms in total. The zero-order valence-corrected chi connectivity index (χ0v) is 7.36. The Kier molecular flexibility index (Phi) is 1.91. The summed E-state index contributed by atoms with van der Waals surface area (Å²) in [5.41, 5.74) is -0.780. The third-order valence-electron chi connectivity index (χ3n) is 3.13. The summed E-state index contributed by atoms with van der Waals surface area (Å²) in [5.74, 6) is 0. The first kappa shape index (κ1) is 8.43. The molecule has 0 saturated carbocycles. The first-order chi connectivity index (χ1) is 6.32. The highest BCUT2D eigenvalue weighted by Crippen LogP contribution is 2.37. The summed E-state index contributed by atoms with van der Waals surface area (Å²) in [4.78, 5) is 16.2. The van der Waals surface area contributed by atoms with Crippen molar-refractivity contribution >= 4 is 6.08 Å². The number of carbonyl (C=O) groups excluding carboxylic acids is 1. The van der Waals surface area contributed by atoms with Crippen molar-refractivity contribution < 1.29 is 4.79 Å². The van der Waals surface area contributed by atoms with Crippen molar-refractivity contribution in [3.63, 3.8) is 0 Å². The van der Waals surface area contributed by atoms with Crippen LogP contribution in [0.1, 0.15) is 19.3 Å². The van der Waals surface area contributed by atoms with E-state index in [2.05, 4.69) is 16.0 Å². The van der Waals surface area contributed by atoms with Gasteiger partial charge in [-0.3, -0.25) is 4.90 Å². The van der Waals surface area contributed by atoms with Crippen molar-refractivity contribution in [2.45, 2.75) is 30.8 Å². The third kappa shape index (κ3) is 1.09. The predicted molar refractivity (Wildman–Crippen MR) is 45.7 cm³/mol. The Morgan fingerprint density at radius 1 is 1.54 bits per heavy atom. The zero-order valence-electron chi connectivity index (χ0n) is 7.36. The number of aliphatic imine (C=N–C) groups is 1. The van der Waals surface area contributed by atoms with Gasteiger partial charge in [-0.05, 0) is 19.4 Å². The lowest BCUT2D eigenvalue weighted by molar-refractivity contribution is 0.294. The van der Waals surface area contributed by atoms with E-state index in [9.17, 15) is 4.79 Å². The van der Waals surface area contributed by atoms with Gasteiger partial charge in [-0.2, -0.15) is 10.3 Å². The predicted octanol–water partition coefficient (Wildman–Crippen LogP) is 0.453. The van der Waals surface area contributed by atoms with Gasteiger partial charge < -0.3 is 0 Å². The molecule has 0 spiro atoms. The number of fused-ring (bicyclic) bond motifs is 1. The van der Waals surface area contributed by atoms with Crippen molar-refractivity contribution in [3.05, 3.63) is 0 Å². The summed E-state index contributed by atoms with van der Waals surface area (Å²) in [6, 6.07) is 2.34. The van der Waals surface area contributed by atoms with Crippen LogP contribution in [0.5, 0.6) is 0 Å². The third-order valence-corrected chi connectivity index (χ3v) is 3.13. The van der Waals surface area contributed by atoms with Crippen LogP contribution >= 0.6 is 0 Å². The van der Waals surface area contributed by atoms with E-state index in [-0.39, 0.29) is 6.04 Å². The fraction of sp³-hybridized carbons (Fsp3) is 0.778. The van der Waals surface area contributed by atoms with Gasteiger partial charge >= 0.3 is 0 Å². The summed E-state index contributed by atoms with van der Waals surface area (Å²) in [7, 11) is 0. The van der Waals surface area contributed by atoms with E-state index in [0.717, 1.165) is 25.9 Å². The Labute approximate surface area is 76.9 Å². The van der Waals surface area contributed by atoms with E-state index >= 15 is 0 Å². The molecule has 68 valence electrons. The second-order valence-electron chi connectivity index (χ2n) is 3.68. The number of isocyanates is 1. The average molecular weight is 177 g/mol. The van der Waals surface area contributed by atoms with Crippen LogP contribution in [0.2, 0.25) is 0 Å². The zero-order chi connectivity index (χ0) is 9.31. The minimum Gasteiger partial charge on any atom is -0.297 e. The molecule has 2 fully saturated rings. The van der Waals surface area contributed by atoms with E-state index in [1.165, 1.54) is 6.08 Å². The first-order valence-corrected chi connectivity index (χ1v) is 4.57. The minimum absolute atomic E-state index is 0.166. The van der Waals surface area contributed by atoms with Crippen LogP contribution in [0.25, 0.3) is 0 Å². The Morgan fingerprint density at radius 2 is 2.38 bits per heavy atom. The summed E-state index contributed by atoms with van der Waals surface area (Å²) in [6.45, 7) is 1.94. The Morgan fingerprint density at radius 3 is 3.08 bits per heavy atom. The SMILES string of the molecule is N#CC1(N=C=O)CCN2CCCC21. The quantitative estimate of drug-likeness (QED) is 0.431. The maximum Gasteiger partial charge on any atom is 0.236 e. The number of rotatable bonds is 1. The van der Waals surface area contributed by atoms with Gasteiger partial charge in [0.25, 0.3) is 0 Å². The maximum absolute atomic E-state index is 10.3. The van der Waals surface area contributed by atoms with Gasteiger partial charge in [0, 0.05) is 19.0 Å². The van der Waals surface area contributed by atoms with Crippen molar-refractivity contribution in [3.8, 4) is 6.07 Å². The van der Waals surface area contributed by atoms with Crippen LogP contribution in [-0.2, 0) is 4.79 Å². The molecule has 0 aromatic carbocycles. The van der Waals surface area contributed by atoms with Gasteiger partial charge in [0.15, 0.2) is 5.54 Å². The van der Waals surface area contributed by atoms with Gasteiger partial charge in [0.05, 0.1) is 6.07 Å². The monoisotopic (exact) mass is 177 g/mol. The lowest BCUT2D eigenvalue weighted by atomic mass is 9.91. The molecule has 4 heteroatoms. The van der Waals surface area contributed by atoms with E-state index in [1.807, 2.05) is 0 Å². The molecule has 0 aromatic rings. The molecular weight excluding hydrogens is 166 g/mol. The molecule has 0 amide bonds. The van der Waals surface area contributed by atoms with Crippen LogP contribution in [0, 0.1) is 11.3 Å². The molecule has 2 saturated heterocycles. The lowest BCUT2D eigenvalue weighted by Gasteiger charge is -2.22. The van der Waals surface area contributed by atoms with E-state index in [0.29, 0.717) is 6.42 Å². The highest BCUT2D eigenvalue weighted by Gasteiger charge is 2.50. The van der Waals surface area contributed by atoms with Crippen molar-refractivity contribution in [1.82, 2.24) is 4.90 Å². The number of hydrogen-bond acceptors (Lipinski definition) is 4. The van der Waals surface area contributed by atoms with Crippen molar-refractivity contribution in [2.24, 2.45) is 4.99 Å². The van der Waals surface area contributed by atoms with Gasteiger partial charge in [-0.25, -0.2) is 4.79 Å². The van der Waals surface area contributed by atoms with Gasteiger partial charge in [0.1, 0.15) is 0 Å². The highest BCUT2D eigenvalue weighted by atomic mass is 16.1. The van der Waals surface area contributed by atoms with Crippen LogP contribution in [0.4, 0.5) is 0 Å². The molecule has 0 N–H and O–H groups in total.